The average molecular weight is 264 g/mol. The summed E-state index contributed by atoms with van der Waals surface area (Å²) in [6.45, 7) is 2.42. The van der Waals surface area contributed by atoms with E-state index in [1.165, 1.54) is 0 Å². The van der Waals surface area contributed by atoms with Crippen LogP contribution in [0.5, 0.6) is 11.5 Å². The van der Waals surface area contributed by atoms with E-state index in [0.29, 0.717) is 6.54 Å². The number of thiazole rings is 1. The van der Waals surface area contributed by atoms with Gasteiger partial charge in [-0.2, -0.15) is 0 Å². The van der Waals surface area contributed by atoms with Crippen molar-refractivity contribution >= 4 is 11.3 Å². The van der Waals surface area contributed by atoms with Gasteiger partial charge < -0.3 is 15.2 Å². The van der Waals surface area contributed by atoms with Crippen molar-refractivity contribution in [3.63, 3.8) is 0 Å². The fourth-order valence-electron chi connectivity index (χ4n) is 1.85. The highest BCUT2D eigenvalue weighted by atomic mass is 32.1. The lowest BCUT2D eigenvalue weighted by Gasteiger charge is -2.12. The highest BCUT2D eigenvalue weighted by Gasteiger charge is 2.15. The van der Waals surface area contributed by atoms with Gasteiger partial charge in [0.1, 0.15) is 16.5 Å². The number of methoxy groups -OCH3 is 2. The fourth-order valence-corrected chi connectivity index (χ4v) is 2.70. The van der Waals surface area contributed by atoms with Gasteiger partial charge in [0.15, 0.2) is 0 Å². The summed E-state index contributed by atoms with van der Waals surface area (Å²) >= 11 is 1.57. The SMILES string of the molecule is COc1ccc(-c2nc(CN)cs2)c(OC)c1C. The average Bonchev–Trinajstić information content (AvgIpc) is 2.87. The number of hydrogen-bond acceptors (Lipinski definition) is 5. The molecule has 0 amide bonds. The molecule has 1 aromatic heterocycles. The number of benzene rings is 1. The van der Waals surface area contributed by atoms with E-state index < -0.39 is 0 Å². The number of ether oxygens (including phenoxy) is 2. The highest BCUT2D eigenvalue weighted by molar-refractivity contribution is 7.13. The summed E-state index contributed by atoms with van der Waals surface area (Å²) in [6, 6.07) is 3.89. The van der Waals surface area contributed by atoms with Crippen molar-refractivity contribution in [2.24, 2.45) is 5.73 Å². The summed E-state index contributed by atoms with van der Waals surface area (Å²) in [7, 11) is 3.31. The van der Waals surface area contributed by atoms with Crippen LogP contribution in [0.4, 0.5) is 0 Å². The van der Waals surface area contributed by atoms with Gasteiger partial charge in [-0.25, -0.2) is 4.98 Å². The summed E-state index contributed by atoms with van der Waals surface area (Å²) in [6.07, 6.45) is 0. The maximum absolute atomic E-state index is 5.58. The van der Waals surface area contributed by atoms with E-state index in [9.17, 15) is 0 Å². The first kappa shape index (κ1) is 12.9. The van der Waals surface area contributed by atoms with Crippen LogP contribution in [0, 0.1) is 6.92 Å². The van der Waals surface area contributed by atoms with E-state index in [0.717, 1.165) is 33.3 Å². The molecule has 0 saturated carbocycles. The Hall–Kier alpha value is -1.59. The van der Waals surface area contributed by atoms with Crippen molar-refractivity contribution in [3.8, 4) is 22.1 Å². The van der Waals surface area contributed by atoms with Gasteiger partial charge in [0.2, 0.25) is 0 Å². The first-order valence-corrected chi connectivity index (χ1v) is 6.45. The number of hydrogen-bond donors (Lipinski definition) is 1. The zero-order valence-corrected chi connectivity index (χ0v) is 11.5. The smallest absolute Gasteiger partial charge is 0.135 e. The second-order valence-corrected chi connectivity index (χ2v) is 4.68. The number of aromatic nitrogens is 1. The molecule has 0 aliphatic rings. The molecule has 2 rings (SSSR count). The Morgan fingerprint density at radius 2 is 2.06 bits per heavy atom. The van der Waals surface area contributed by atoms with Gasteiger partial charge in [-0.1, -0.05) is 0 Å². The third-order valence-corrected chi connectivity index (χ3v) is 3.70. The molecular formula is C13H16N2O2S. The lowest BCUT2D eigenvalue weighted by molar-refractivity contribution is 0.390. The molecule has 2 N–H and O–H groups in total. The van der Waals surface area contributed by atoms with Crippen molar-refractivity contribution in [1.82, 2.24) is 4.98 Å². The van der Waals surface area contributed by atoms with Crippen LogP contribution in [0.25, 0.3) is 10.6 Å². The Morgan fingerprint density at radius 3 is 2.61 bits per heavy atom. The van der Waals surface area contributed by atoms with E-state index in [1.807, 2.05) is 24.4 Å². The summed E-state index contributed by atoms with van der Waals surface area (Å²) in [4.78, 5) is 4.48. The second kappa shape index (κ2) is 5.37. The van der Waals surface area contributed by atoms with Crippen LogP contribution in [0.15, 0.2) is 17.5 Å². The van der Waals surface area contributed by atoms with Crippen LogP contribution in [0.1, 0.15) is 11.3 Å². The third kappa shape index (κ3) is 2.19. The van der Waals surface area contributed by atoms with Crippen molar-refractivity contribution < 1.29 is 9.47 Å². The molecule has 18 heavy (non-hydrogen) atoms. The van der Waals surface area contributed by atoms with Gasteiger partial charge in [0.05, 0.1) is 25.5 Å². The molecule has 0 saturated heterocycles. The van der Waals surface area contributed by atoms with Crippen molar-refractivity contribution in [3.05, 3.63) is 28.8 Å². The summed E-state index contributed by atoms with van der Waals surface area (Å²) in [5.41, 5.74) is 8.42. The Balaban J connectivity index is 2.53. The molecule has 0 unspecified atom stereocenters. The van der Waals surface area contributed by atoms with Gasteiger partial charge in [0, 0.05) is 17.5 Å². The molecule has 4 nitrogen and oxygen atoms in total. The minimum Gasteiger partial charge on any atom is -0.496 e. The van der Waals surface area contributed by atoms with Gasteiger partial charge in [-0.15, -0.1) is 11.3 Å². The zero-order valence-electron chi connectivity index (χ0n) is 10.7. The normalized spacial score (nSPS) is 10.4. The molecule has 0 spiro atoms. The number of nitrogens with two attached hydrogens (primary N) is 1. The molecule has 1 aromatic carbocycles. The van der Waals surface area contributed by atoms with Gasteiger partial charge in [-0.05, 0) is 19.1 Å². The van der Waals surface area contributed by atoms with E-state index in [4.69, 9.17) is 15.2 Å². The van der Waals surface area contributed by atoms with E-state index >= 15 is 0 Å². The standard InChI is InChI=1S/C13H16N2O2S/c1-8-11(16-2)5-4-10(12(8)17-3)13-15-9(6-14)7-18-13/h4-5,7H,6,14H2,1-3H3. The molecular weight excluding hydrogens is 248 g/mol. The van der Waals surface area contributed by atoms with Crippen LogP contribution in [0.3, 0.4) is 0 Å². The van der Waals surface area contributed by atoms with E-state index in [2.05, 4.69) is 4.98 Å². The first-order valence-electron chi connectivity index (χ1n) is 5.57. The summed E-state index contributed by atoms with van der Waals surface area (Å²) in [5, 5.41) is 2.88. The molecule has 0 aliphatic heterocycles. The van der Waals surface area contributed by atoms with Crippen molar-refractivity contribution in [2.45, 2.75) is 13.5 Å². The number of nitrogens with zero attached hydrogens (tertiary/aromatic N) is 1. The molecule has 0 radical (unpaired) electrons. The summed E-state index contributed by atoms with van der Waals surface area (Å²) in [5.74, 6) is 1.61. The monoisotopic (exact) mass is 264 g/mol. The van der Waals surface area contributed by atoms with Crippen LogP contribution < -0.4 is 15.2 Å². The number of rotatable bonds is 4. The first-order chi connectivity index (χ1) is 8.71. The topological polar surface area (TPSA) is 57.4 Å². The van der Waals surface area contributed by atoms with Crippen LogP contribution >= 0.6 is 11.3 Å². The summed E-state index contributed by atoms with van der Waals surface area (Å²) < 4.78 is 10.8. The van der Waals surface area contributed by atoms with Crippen LogP contribution in [0.2, 0.25) is 0 Å². The minimum absolute atomic E-state index is 0.452. The maximum Gasteiger partial charge on any atom is 0.135 e. The molecule has 0 fully saturated rings. The fraction of sp³-hybridized carbons (Fsp3) is 0.308. The molecule has 1 heterocycles. The molecule has 2 aromatic rings. The quantitative estimate of drug-likeness (QED) is 0.922. The Kier molecular flexibility index (Phi) is 3.84. The predicted octanol–water partition coefficient (Wildman–Crippen LogP) is 2.59. The van der Waals surface area contributed by atoms with Crippen molar-refractivity contribution in [2.75, 3.05) is 14.2 Å². The molecule has 0 bridgehead atoms. The molecule has 0 aliphatic carbocycles. The third-order valence-electron chi connectivity index (χ3n) is 2.77. The van der Waals surface area contributed by atoms with E-state index in [1.54, 1.807) is 25.6 Å². The second-order valence-electron chi connectivity index (χ2n) is 3.82. The van der Waals surface area contributed by atoms with Crippen molar-refractivity contribution in [1.29, 1.82) is 0 Å². The molecule has 5 heteroatoms. The zero-order chi connectivity index (χ0) is 13.1. The predicted molar refractivity (Wildman–Crippen MR) is 73.3 cm³/mol. The lowest BCUT2D eigenvalue weighted by atomic mass is 10.1. The Morgan fingerprint density at radius 1 is 1.28 bits per heavy atom. The van der Waals surface area contributed by atoms with Gasteiger partial charge in [-0.3, -0.25) is 0 Å². The maximum atomic E-state index is 5.58. The molecule has 0 atom stereocenters. The van der Waals surface area contributed by atoms with Crippen LogP contribution in [-0.2, 0) is 6.54 Å². The Bertz CT molecular complexity index is 552. The molecule has 96 valence electrons. The highest BCUT2D eigenvalue weighted by Crippen LogP contribution is 2.38. The minimum atomic E-state index is 0.452. The van der Waals surface area contributed by atoms with E-state index in [-0.39, 0.29) is 0 Å². The largest absolute Gasteiger partial charge is 0.496 e. The lowest BCUT2D eigenvalue weighted by Crippen LogP contribution is -1.97. The Labute approximate surface area is 110 Å². The van der Waals surface area contributed by atoms with Gasteiger partial charge in [0.25, 0.3) is 0 Å². The van der Waals surface area contributed by atoms with Gasteiger partial charge >= 0.3 is 0 Å². The van der Waals surface area contributed by atoms with Crippen LogP contribution in [-0.4, -0.2) is 19.2 Å².